The Hall–Kier alpha value is -1.81. The topological polar surface area (TPSA) is 44.2 Å². The van der Waals surface area contributed by atoms with Gasteiger partial charge in [-0.25, -0.2) is 4.98 Å². The van der Waals surface area contributed by atoms with Crippen LogP contribution in [0.4, 0.5) is 0 Å². The number of aryl methyl sites for hydroxylation is 1. The van der Waals surface area contributed by atoms with Crippen molar-refractivity contribution in [3.63, 3.8) is 0 Å². The van der Waals surface area contributed by atoms with Gasteiger partial charge in [-0.3, -0.25) is 0 Å². The Morgan fingerprint density at radius 1 is 1.05 bits per heavy atom. The van der Waals surface area contributed by atoms with Gasteiger partial charge in [0.25, 0.3) is 0 Å². The Balaban J connectivity index is 2.14. The first-order valence-corrected chi connectivity index (χ1v) is 6.53. The fraction of sp³-hybridized carbons (Fsp3) is 0.286. The van der Waals surface area contributed by atoms with Gasteiger partial charge in [0.15, 0.2) is 0 Å². The third-order valence-corrected chi connectivity index (χ3v) is 2.58. The Labute approximate surface area is 117 Å². The minimum atomic E-state index is 0.382. The summed E-state index contributed by atoms with van der Waals surface area (Å²) < 4.78 is 11.0. The first kappa shape index (κ1) is 13.6. The highest BCUT2D eigenvalue weighted by Crippen LogP contribution is 2.24. The summed E-state index contributed by atoms with van der Waals surface area (Å²) in [6.45, 7) is 4.55. The predicted molar refractivity (Wildman–Crippen MR) is 74.1 cm³/mol. The number of aromatic nitrogens is 2. The second kappa shape index (κ2) is 6.38. The number of halogens is 1. The number of hydrogen-bond acceptors (Lipinski definition) is 4. The summed E-state index contributed by atoms with van der Waals surface area (Å²) in [7, 11) is 0. The van der Waals surface area contributed by atoms with Crippen molar-refractivity contribution in [2.24, 2.45) is 0 Å². The van der Waals surface area contributed by atoms with E-state index >= 15 is 0 Å². The van der Waals surface area contributed by atoms with Gasteiger partial charge in [0.05, 0.1) is 6.61 Å². The van der Waals surface area contributed by atoms with Gasteiger partial charge in [0, 0.05) is 12.5 Å². The minimum absolute atomic E-state index is 0.382. The maximum atomic E-state index is 5.91. The van der Waals surface area contributed by atoms with Crippen LogP contribution in [0.3, 0.4) is 0 Å². The summed E-state index contributed by atoms with van der Waals surface area (Å²) in [6.07, 6.45) is 0.709. The van der Waals surface area contributed by atoms with E-state index in [0.29, 0.717) is 35.6 Å². The number of nitrogens with zero attached hydrogens (tertiary/aromatic N) is 2. The molecule has 0 N–H and O–H groups in total. The van der Waals surface area contributed by atoms with Gasteiger partial charge in [-0.1, -0.05) is 18.5 Å². The van der Waals surface area contributed by atoms with Crippen LogP contribution < -0.4 is 9.47 Å². The van der Waals surface area contributed by atoms with E-state index in [4.69, 9.17) is 21.1 Å². The van der Waals surface area contributed by atoms with Crippen LogP contribution in [0, 0.1) is 0 Å². The largest absolute Gasteiger partial charge is 0.494 e. The van der Waals surface area contributed by atoms with Gasteiger partial charge >= 0.3 is 0 Å². The number of hydrogen-bond donors (Lipinski definition) is 0. The van der Waals surface area contributed by atoms with E-state index in [1.165, 1.54) is 0 Å². The first-order valence-electron chi connectivity index (χ1n) is 6.15. The van der Waals surface area contributed by atoms with E-state index in [-0.39, 0.29) is 0 Å². The SMILES string of the molecule is CCOc1ccc(Oc2cc(Cl)nc(CC)n2)cc1. The molecular weight excluding hydrogens is 264 g/mol. The minimum Gasteiger partial charge on any atom is -0.494 e. The number of rotatable bonds is 5. The van der Waals surface area contributed by atoms with Crippen molar-refractivity contribution in [2.75, 3.05) is 6.61 Å². The standard InChI is InChI=1S/C14H15ClN2O2/c1-3-13-16-12(15)9-14(17-13)19-11-7-5-10(6-8-11)18-4-2/h5-9H,3-4H2,1-2H3. The van der Waals surface area contributed by atoms with E-state index in [1.807, 2.05) is 38.1 Å². The molecule has 5 heteroatoms. The molecule has 0 unspecified atom stereocenters. The lowest BCUT2D eigenvalue weighted by Crippen LogP contribution is -1.96. The Bertz CT molecular complexity index is 544. The van der Waals surface area contributed by atoms with Crippen LogP contribution in [0.15, 0.2) is 30.3 Å². The molecule has 0 amide bonds. The third-order valence-electron chi connectivity index (χ3n) is 2.39. The van der Waals surface area contributed by atoms with E-state index in [1.54, 1.807) is 6.07 Å². The van der Waals surface area contributed by atoms with Crippen molar-refractivity contribution < 1.29 is 9.47 Å². The van der Waals surface area contributed by atoms with E-state index in [9.17, 15) is 0 Å². The Kier molecular flexibility index (Phi) is 4.58. The molecule has 0 fully saturated rings. The van der Waals surface area contributed by atoms with E-state index in [0.717, 1.165) is 5.75 Å². The molecule has 0 aliphatic rings. The van der Waals surface area contributed by atoms with Crippen molar-refractivity contribution in [1.29, 1.82) is 0 Å². The highest BCUT2D eigenvalue weighted by atomic mass is 35.5. The molecule has 4 nitrogen and oxygen atoms in total. The summed E-state index contributed by atoms with van der Waals surface area (Å²) in [6, 6.07) is 8.95. The zero-order chi connectivity index (χ0) is 13.7. The van der Waals surface area contributed by atoms with Gasteiger partial charge in [-0.15, -0.1) is 0 Å². The van der Waals surface area contributed by atoms with Gasteiger partial charge in [-0.05, 0) is 31.2 Å². The quantitative estimate of drug-likeness (QED) is 0.779. The van der Waals surface area contributed by atoms with Crippen molar-refractivity contribution in [3.05, 3.63) is 41.3 Å². The molecule has 0 aliphatic heterocycles. The zero-order valence-electron chi connectivity index (χ0n) is 10.9. The third kappa shape index (κ3) is 3.83. The van der Waals surface area contributed by atoms with Gasteiger partial charge in [-0.2, -0.15) is 4.98 Å². The van der Waals surface area contributed by atoms with Crippen LogP contribution in [0.1, 0.15) is 19.7 Å². The van der Waals surface area contributed by atoms with Crippen molar-refractivity contribution >= 4 is 11.6 Å². The molecule has 100 valence electrons. The number of ether oxygens (including phenoxy) is 2. The van der Waals surface area contributed by atoms with Crippen LogP contribution in [0.5, 0.6) is 17.4 Å². The molecular formula is C14H15ClN2O2. The summed E-state index contributed by atoms with van der Waals surface area (Å²) in [5.41, 5.74) is 0. The lowest BCUT2D eigenvalue weighted by Gasteiger charge is -2.07. The normalized spacial score (nSPS) is 10.3. The molecule has 19 heavy (non-hydrogen) atoms. The average Bonchev–Trinajstić information content (AvgIpc) is 2.40. The fourth-order valence-corrected chi connectivity index (χ4v) is 1.73. The lowest BCUT2D eigenvalue weighted by atomic mass is 10.3. The van der Waals surface area contributed by atoms with E-state index in [2.05, 4.69) is 9.97 Å². The molecule has 0 bridgehead atoms. The monoisotopic (exact) mass is 278 g/mol. The molecule has 0 saturated heterocycles. The van der Waals surface area contributed by atoms with Crippen molar-refractivity contribution in [1.82, 2.24) is 9.97 Å². The second-order valence-corrected chi connectivity index (χ2v) is 4.19. The van der Waals surface area contributed by atoms with Crippen LogP contribution in [-0.2, 0) is 6.42 Å². The first-order chi connectivity index (χ1) is 9.21. The average molecular weight is 279 g/mol. The van der Waals surface area contributed by atoms with Crippen molar-refractivity contribution in [3.8, 4) is 17.4 Å². The van der Waals surface area contributed by atoms with Crippen molar-refractivity contribution in [2.45, 2.75) is 20.3 Å². The van der Waals surface area contributed by atoms with Gasteiger partial charge in [0.1, 0.15) is 22.5 Å². The van der Waals surface area contributed by atoms with Crippen LogP contribution in [-0.4, -0.2) is 16.6 Å². The zero-order valence-corrected chi connectivity index (χ0v) is 11.6. The highest BCUT2D eigenvalue weighted by molar-refractivity contribution is 6.29. The molecule has 0 radical (unpaired) electrons. The summed E-state index contributed by atoms with van der Waals surface area (Å²) in [5.74, 6) is 2.60. The maximum absolute atomic E-state index is 5.91. The van der Waals surface area contributed by atoms with E-state index < -0.39 is 0 Å². The Morgan fingerprint density at radius 3 is 2.37 bits per heavy atom. The molecule has 0 atom stereocenters. The molecule has 2 rings (SSSR count). The van der Waals surface area contributed by atoms with Crippen LogP contribution in [0.2, 0.25) is 5.15 Å². The van der Waals surface area contributed by atoms with Gasteiger partial charge < -0.3 is 9.47 Å². The second-order valence-electron chi connectivity index (χ2n) is 3.81. The maximum Gasteiger partial charge on any atom is 0.224 e. The number of benzene rings is 1. The molecule has 1 heterocycles. The van der Waals surface area contributed by atoms with Crippen LogP contribution in [0.25, 0.3) is 0 Å². The van der Waals surface area contributed by atoms with Gasteiger partial charge in [0.2, 0.25) is 5.88 Å². The summed E-state index contributed by atoms with van der Waals surface area (Å²) in [5, 5.41) is 0.382. The molecule has 0 aliphatic carbocycles. The highest BCUT2D eigenvalue weighted by Gasteiger charge is 2.04. The molecule has 1 aromatic carbocycles. The Morgan fingerprint density at radius 2 is 1.74 bits per heavy atom. The molecule has 0 saturated carbocycles. The summed E-state index contributed by atoms with van der Waals surface area (Å²) in [4.78, 5) is 8.34. The lowest BCUT2D eigenvalue weighted by molar-refractivity contribution is 0.339. The molecule has 1 aromatic heterocycles. The predicted octanol–water partition coefficient (Wildman–Crippen LogP) is 3.88. The van der Waals surface area contributed by atoms with Crippen LogP contribution >= 0.6 is 11.6 Å². The summed E-state index contributed by atoms with van der Waals surface area (Å²) >= 11 is 5.91. The fourth-order valence-electron chi connectivity index (χ4n) is 1.54. The molecule has 0 spiro atoms. The molecule has 2 aromatic rings. The smallest absolute Gasteiger partial charge is 0.224 e.